The van der Waals surface area contributed by atoms with Crippen LogP contribution in [0, 0.1) is 6.92 Å². The maximum absolute atomic E-state index is 4.72. The summed E-state index contributed by atoms with van der Waals surface area (Å²) in [5.74, 6) is 0.920. The maximum Gasteiger partial charge on any atom is 0.191 e. The van der Waals surface area contributed by atoms with Crippen molar-refractivity contribution >= 4 is 35.6 Å². The van der Waals surface area contributed by atoms with Crippen molar-refractivity contribution in [1.29, 1.82) is 0 Å². The van der Waals surface area contributed by atoms with Gasteiger partial charge in [-0.05, 0) is 44.9 Å². The summed E-state index contributed by atoms with van der Waals surface area (Å²) in [6.07, 6.45) is 5.92. The van der Waals surface area contributed by atoms with Gasteiger partial charge in [0.2, 0.25) is 0 Å². The summed E-state index contributed by atoms with van der Waals surface area (Å²) in [7, 11) is 0. The Morgan fingerprint density at radius 2 is 2.11 bits per heavy atom. The lowest BCUT2D eigenvalue weighted by molar-refractivity contribution is 0.581. The first-order valence-electron chi connectivity index (χ1n) is 9.58. The van der Waals surface area contributed by atoms with Gasteiger partial charge in [-0.1, -0.05) is 17.7 Å². The topological polar surface area (TPSA) is 57.5 Å². The summed E-state index contributed by atoms with van der Waals surface area (Å²) in [5.41, 5.74) is 2.61. The number of rotatable bonds is 7. The Kier molecular flexibility index (Phi) is 8.90. The minimum atomic E-state index is 0. The summed E-state index contributed by atoms with van der Waals surface area (Å²) in [6.45, 7) is 8.90. The number of aliphatic imine (C=N–C) groups is 1. The van der Waals surface area contributed by atoms with Crippen molar-refractivity contribution in [2.45, 2.75) is 39.3 Å². The van der Waals surface area contributed by atoms with Gasteiger partial charge in [-0.15, -0.1) is 24.0 Å². The Morgan fingerprint density at radius 1 is 1.30 bits per heavy atom. The van der Waals surface area contributed by atoms with Crippen molar-refractivity contribution in [3.63, 3.8) is 0 Å². The molecule has 1 aromatic heterocycles. The van der Waals surface area contributed by atoms with E-state index in [1.807, 2.05) is 23.1 Å². The van der Waals surface area contributed by atoms with E-state index in [2.05, 4.69) is 58.7 Å². The molecule has 0 aliphatic carbocycles. The van der Waals surface area contributed by atoms with Crippen molar-refractivity contribution in [3.8, 4) is 0 Å². The highest BCUT2D eigenvalue weighted by atomic mass is 127. The summed E-state index contributed by atoms with van der Waals surface area (Å²) >= 11 is 0. The van der Waals surface area contributed by atoms with Crippen LogP contribution in [0.3, 0.4) is 0 Å². The van der Waals surface area contributed by atoms with Gasteiger partial charge >= 0.3 is 0 Å². The van der Waals surface area contributed by atoms with Gasteiger partial charge in [-0.25, -0.2) is 0 Å². The number of aryl methyl sites for hydroxylation is 2. The van der Waals surface area contributed by atoms with Gasteiger partial charge in [0.25, 0.3) is 0 Å². The first-order chi connectivity index (χ1) is 12.7. The number of guanidine groups is 1. The van der Waals surface area contributed by atoms with Gasteiger partial charge in [0.1, 0.15) is 0 Å². The molecule has 1 unspecified atom stereocenters. The second kappa shape index (κ2) is 11.2. The molecule has 1 fully saturated rings. The fourth-order valence-electron chi connectivity index (χ4n) is 3.24. The molecule has 2 heterocycles. The number of benzene rings is 1. The first kappa shape index (κ1) is 21.5. The predicted molar refractivity (Wildman–Crippen MR) is 123 cm³/mol. The van der Waals surface area contributed by atoms with Crippen LogP contribution in [0.5, 0.6) is 0 Å². The molecule has 1 atom stereocenters. The third-order valence-electron chi connectivity index (χ3n) is 4.65. The fraction of sp³-hybridized carbons (Fsp3) is 0.500. The molecule has 1 aromatic carbocycles. The number of nitrogens with zero attached hydrogens (tertiary/aromatic N) is 4. The molecule has 1 saturated heterocycles. The molecule has 7 heteroatoms. The number of nitrogens with one attached hydrogen (secondary N) is 2. The van der Waals surface area contributed by atoms with Crippen LogP contribution in [0.4, 0.5) is 5.69 Å². The zero-order valence-corrected chi connectivity index (χ0v) is 18.6. The molecule has 148 valence electrons. The maximum atomic E-state index is 4.72. The molecule has 0 radical (unpaired) electrons. The van der Waals surface area contributed by atoms with Crippen molar-refractivity contribution in [2.75, 3.05) is 31.1 Å². The summed E-state index contributed by atoms with van der Waals surface area (Å²) in [6, 6.07) is 11.2. The molecule has 3 rings (SSSR count). The summed E-state index contributed by atoms with van der Waals surface area (Å²) in [4.78, 5) is 7.16. The van der Waals surface area contributed by atoms with E-state index in [4.69, 9.17) is 4.99 Å². The quantitative estimate of drug-likeness (QED) is 0.276. The van der Waals surface area contributed by atoms with Crippen molar-refractivity contribution in [1.82, 2.24) is 20.4 Å². The van der Waals surface area contributed by atoms with E-state index < -0.39 is 0 Å². The van der Waals surface area contributed by atoms with Gasteiger partial charge in [0, 0.05) is 56.8 Å². The minimum Gasteiger partial charge on any atom is -0.369 e. The largest absolute Gasteiger partial charge is 0.369 e. The zero-order valence-electron chi connectivity index (χ0n) is 16.3. The molecule has 1 aliphatic rings. The van der Waals surface area contributed by atoms with E-state index in [1.165, 1.54) is 11.3 Å². The van der Waals surface area contributed by atoms with Gasteiger partial charge < -0.3 is 15.5 Å². The molecule has 1 aliphatic heterocycles. The smallest absolute Gasteiger partial charge is 0.191 e. The molecular weight excluding hydrogens is 451 g/mol. The lowest BCUT2D eigenvalue weighted by atomic mass is 10.2. The van der Waals surface area contributed by atoms with Crippen LogP contribution in [0.15, 0.2) is 47.7 Å². The number of anilines is 1. The Bertz CT molecular complexity index is 683. The highest BCUT2D eigenvalue weighted by molar-refractivity contribution is 14.0. The van der Waals surface area contributed by atoms with Crippen LogP contribution >= 0.6 is 24.0 Å². The monoisotopic (exact) mass is 482 g/mol. The van der Waals surface area contributed by atoms with E-state index in [1.54, 1.807) is 0 Å². The SMILES string of the molecule is CCNC(=NCCCn1cccn1)NC1CCN(c2ccc(C)cc2)C1.I. The normalized spacial score (nSPS) is 16.9. The molecule has 0 saturated carbocycles. The zero-order chi connectivity index (χ0) is 18.2. The van der Waals surface area contributed by atoms with Crippen LogP contribution in [0.25, 0.3) is 0 Å². The van der Waals surface area contributed by atoms with Crippen molar-refractivity contribution < 1.29 is 0 Å². The Morgan fingerprint density at radius 3 is 2.81 bits per heavy atom. The van der Waals surface area contributed by atoms with E-state index in [-0.39, 0.29) is 24.0 Å². The molecule has 0 spiro atoms. The lowest BCUT2D eigenvalue weighted by Gasteiger charge is -2.20. The average molecular weight is 482 g/mol. The standard InChI is InChI=1S/C20H30N6.HI/c1-3-21-20(22-11-4-13-26-14-5-12-23-26)24-18-10-15-25(16-18)19-8-6-17(2)7-9-19;/h5-9,12,14,18H,3-4,10-11,13,15-16H2,1-2H3,(H2,21,22,24);1H. The molecule has 2 N–H and O–H groups in total. The molecule has 0 bridgehead atoms. The van der Waals surface area contributed by atoms with E-state index in [9.17, 15) is 0 Å². The second-order valence-corrected chi connectivity index (χ2v) is 6.79. The minimum absolute atomic E-state index is 0. The van der Waals surface area contributed by atoms with Gasteiger partial charge in [0.05, 0.1) is 0 Å². The number of halogens is 1. The van der Waals surface area contributed by atoms with Gasteiger partial charge in [-0.3, -0.25) is 9.67 Å². The fourth-order valence-corrected chi connectivity index (χ4v) is 3.24. The Labute approximate surface area is 179 Å². The van der Waals surface area contributed by atoms with Crippen LogP contribution in [0.1, 0.15) is 25.3 Å². The van der Waals surface area contributed by atoms with E-state index in [0.717, 1.165) is 51.5 Å². The number of aromatic nitrogens is 2. The Hall–Kier alpha value is -1.77. The molecule has 27 heavy (non-hydrogen) atoms. The lowest BCUT2D eigenvalue weighted by Crippen LogP contribution is -2.44. The first-order valence-corrected chi connectivity index (χ1v) is 9.58. The average Bonchev–Trinajstić information content (AvgIpc) is 3.31. The summed E-state index contributed by atoms with van der Waals surface area (Å²) < 4.78 is 1.95. The highest BCUT2D eigenvalue weighted by Gasteiger charge is 2.23. The molecular formula is C20H31IN6. The number of hydrogen-bond acceptors (Lipinski definition) is 3. The summed E-state index contributed by atoms with van der Waals surface area (Å²) in [5, 5.41) is 11.2. The predicted octanol–water partition coefficient (Wildman–Crippen LogP) is 3.03. The molecule has 2 aromatic rings. The van der Waals surface area contributed by atoms with Gasteiger partial charge in [0.15, 0.2) is 5.96 Å². The van der Waals surface area contributed by atoms with Crippen molar-refractivity contribution in [2.24, 2.45) is 4.99 Å². The van der Waals surface area contributed by atoms with Crippen LogP contribution in [-0.2, 0) is 6.54 Å². The van der Waals surface area contributed by atoms with Crippen LogP contribution in [0.2, 0.25) is 0 Å². The molecule has 6 nitrogen and oxygen atoms in total. The van der Waals surface area contributed by atoms with E-state index >= 15 is 0 Å². The third kappa shape index (κ3) is 6.71. The Balaban J connectivity index is 0.00000261. The molecule has 0 amide bonds. The van der Waals surface area contributed by atoms with Crippen LogP contribution in [-0.4, -0.2) is 48.0 Å². The van der Waals surface area contributed by atoms with Crippen molar-refractivity contribution in [3.05, 3.63) is 48.3 Å². The van der Waals surface area contributed by atoms with Gasteiger partial charge in [-0.2, -0.15) is 5.10 Å². The third-order valence-corrected chi connectivity index (χ3v) is 4.65. The highest BCUT2D eigenvalue weighted by Crippen LogP contribution is 2.20. The van der Waals surface area contributed by atoms with E-state index in [0.29, 0.717) is 6.04 Å². The van der Waals surface area contributed by atoms with Crippen LogP contribution < -0.4 is 15.5 Å². The number of hydrogen-bond donors (Lipinski definition) is 2. The second-order valence-electron chi connectivity index (χ2n) is 6.79.